The van der Waals surface area contributed by atoms with Gasteiger partial charge < -0.3 is 10.6 Å². The van der Waals surface area contributed by atoms with Crippen molar-refractivity contribution in [2.24, 2.45) is 11.7 Å². The minimum Gasteiger partial charge on any atom is -0.338 e. The molecule has 4 heteroatoms. The van der Waals surface area contributed by atoms with Crippen molar-refractivity contribution in [2.45, 2.75) is 32.9 Å². The van der Waals surface area contributed by atoms with Crippen LogP contribution in [-0.4, -0.2) is 23.9 Å². The van der Waals surface area contributed by atoms with Gasteiger partial charge in [-0.3, -0.25) is 4.79 Å². The minimum atomic E-state index is -0.552. The molecule has 0 radical (unpaired) electrons. The molecule has 0 aliphatic rings. The van der Waals surface area contributed by atoms with Crippen LogP contribution >= 0.6 is 0 Å². The van der Waals surface area contributed by atoms with Crippen LogP contribution in [0.1, 0.15) is 32.4 Å². The molecule has 1 aromatic rings. The predicted molar refractivity (Wildman–Crippen MR) is 70.4 cm³/mol. The van der Waals surface area contributed by atoms with E-state index < -0.39 is 6.04 Å². The number of rotatable bonds is 4. The number of amides is 1. The summed E-state index contributed by atoms with van der Waals surface area (Å²) in [6, 6.07) is 5.59. The second kappa shape index (κ2) is 5.96. The Morgan fingerprint density at radius 3 is 2.33 bits per heavy atom. The number of halogens is 1. The zero-order valence-corrected chi connectivity index (χ0v) is 11.4. The summed E-state index contributed by atoms with van der Waals surface area (Å²) in [6.45, 7) is 5.58. The van der Waals surface area contributed by atoms with E-state index in [4.69, 9.17) is 5.73 Å². The molecule has 1 amide bonds. The lowest BCUT2D eigenvalue weighted by Crippen LogP contribution is -2.45. The van der Waals surface area contributed by atoms with Gasteiger partial charge in [0.15, 0.2) is 0 Å². The Bertz CT molecular complexity index is 420. The molecule has 0 aromatic heterocycles. The molecule has 2 N–H and O–H groups in total. The van der Waals surface area contributed by atoms with Crippen LogP contribution in [0.2, 0.25) is 0 Å². The van der Waals surface area contributed by atoms with Crippen LogP contribution in [0.4, 0.5) is 4.39 Å². The molecule has 0 heterocycles. The number of nitrogens with two attached hydrogens (primary N) is 1. The van der Waals surface area contributed by atoms with E-state index in [2.05, 4.69) is 0 Å². The van der Waals surface area contributed by atoms with Crippen molar-refractivity contribution in [3.63, 3.8) is 0 Å². The topological polar surface area (TPSA) is 46.3 Å². The van der Waals surface area contributed by atoms with Crippen molar-refractivity contribution in [3.8, 4) is 0 Å². The van der Waals surface area contributed by atoms with Gasteiger partial charge in [-0.15, -0.1) is 0 Å². The van der Waals surface area contributed by atoms with Crippen LogP contribution < -0.4 is 5.73 Å². The van der Waals surface area contributed by atoms with Crippen LogP contribution in [0.3, 0.4) is 0 Å². The maximum atomic E-state index is 13.7. The quantitative estimate of drug-likeness (QED) is 0.894. The summed E-state index contributed by atoms with van der Waals surface area (Å²) in [5.41, 5.74) is 6.33. The second-order valence-corrected chi connectivity index (χ2v) is 4.92. The molecule has 0 fully saturated rings. The highest BCUT2D eigenvalue weighted by atomic mass is 19.1. The Kier molecular flexibility index (Phi) is 4.84. The summed E-state index contributed by atoms with van der Waals surface area (Å²) in [7, 11) is 1.65. The second-order valence-electron chi connectivity index (χ2n) is 4.92. The van der Waals surface area contributed by atoms with Gasteiger partial charge in [0, 0.05) is 12.6 Å². The van der Waals surface area contributed by atoms with E-state index in [0.717, 1.165) is 0 Å². The summed E-state index contributed by atoms with van der Waals surface area (Å²) in [5.74, 6) is -0.406. The SMILES string of the molecule is CC(C)C(N)C(=O)N(C)C(C)c1ccccc1F. The fourth-order valence-corrected chi connectivity index (χ4v) is 1.73. The molecule has 1 rings (SSSR count). The number of hydrogen-bond donors (Lipinski definition) is 1. The van der Waals surface area contributed by atoms with Gasteiger partial charge in [0.25, 0.3) is 0 Å². The van der Waals surface area contributed by atoms with Gasteiger partial charge >= 0.3 is 0 Å². The minimum absolute atomic E-state index is 0.0628. The lowest BCUT2D eigenvalue weighted by molar-refractivity contribution is -0.134. The Morgan fingerprint density at radius 1 is 1.28 bits per heavy atom. The van der Waals surface area contributed by atoms with E-state index in [1.165, 1.54) is 11.0 Å². The first-order valence-corrected chi connectivity index (χ1v) is 6.13. The Hall–Kier alpha value is -1.42. The van der Waals surface area contributed by atoms with Crippen molar-refractivity contribution in [1.29, 1.82) is 0 Å². The zero-order valence-electron chi connectivity index (χ0n) is 11.4. The molecule has 0 spiro atoms. The lowest BCUT2D eigenvalue weighted by Gasteiger charge is -2.29. The van der Waals surface area contributed by atoms with Crippen LogP contribution in [0.5, 0.6) is 0 Å². The van der Waals surface area contributed by atoms with Crippen molar-refractivity contribution < 1.29 is 9.18 Å². The fraction of sp³-hybridized carbons (Fsp3) is 0.500. The smallest absolute Gasteiger partial charge is 0.239 e. The largest absolute Gasteiger partial charge is 0.338 e. The molecule has 2 unspecified atom stereocenters. The molecule has 0 saturated carbocycles. The molecular formula is C14H21FN2O. The van der Waals surface area contributed by atoms with E-state index in [-0.39, 0.29) is 23.7 Å². The molecule has 0 saturated heterocycles. The van der Waals surface area contributed by atoms with E-state index in [1.807, 2.05) is 13.8 Å². The third-order valence-electron chi connectivity index (χ3n) is 3.29. The van der Waals surface area contributed by atoms with Crippen LogP contribution in [0, 0.1) is 11.7 Å². The number of carbonyl (C=O) groups excluding carboxylic acids is 1. The summed E-state index contributed by atoms with van der Waals surface area (Å²) in [4.78, 5) is 13.6. The first kappa shape index (κ1) is 14.6. The number of likely N-dealkylation sites (N-methyl/N-ethyl adjacent to an activating group) is 1. The van der Waals surface area contributed by atoms with E-state index >= 15 is 0 Å². The van der Waals surface area contributed by atoms with Crippen molar-refractivity contribution >= 4 is 5.91 Å². The molecule has 3 nitrogen and oxygen atoms in total. The number of hydrogen-bond acceptors (Lipinski definition) is 2. The first-order chi connectivity index (χ1) is 8.36. The first-order valence-electron chi connectivity index (χ1n) is 6.13. The third-order valence-corrected chi connectivity index (χ3v) is 3.29. The number of benzene rings is 1. The average molecular weight is 252 g/mol. The van der Waals surface area contributed by atoms with Gasteiger partial charge in [0.05, 0.1) is 12.1 Å². The van der Waals surface area contributed by atoms with E-state index in [1.54, 1.807) is 32.2 Å². The van der Waals surface area contributed by atoms with Gasteiger partial charge in [-0.05, 0) is 18.9 Å². The molecule has 0 bridgehead atoms. The molecule has 0 aliphatic heterocycles. The molecule has 0 aliphatic carbocycles. The van der Waals surface area contributed by atoms with E-state index in [9.17, 15) is 9.18 Å². The summed E-state index contributed by atoms with van der Waals surface area (Å²) in [6.07, 6.45) is 0. The zero-order chi connectivity index (χ0) is 13.9. The van der Waals surface area contributed by atoms with Crippen molar-refractivity contribution in [2.75, 3.05) is 7.05 Å². The van der Waals surface area contributed by atoms with Gasteiger partial charge in [0.2, 0.25) is 5.91 Å². The van der Waals surface area contributed by atoms with Crippen LogP contribution in [0.15, 0.2) is 24.3 Å². The van der Waals surface area contributed by atoms with Crippen LogP contribution in [0.25, 0.3) is 0 Å². The van der Waals surface area contributed by atoms with Gasteiger partial charge in [-0.2, -0.15) is 0 Å². The molecule has 18 heavy (non-hydrogen) atoms. The normalized spacial score (nSPS) is 14.4. The summed E-state index contributed by atoms with van der Waals surface area (Å²) >= 11 is 0. The number of carbonyl (C=O) groups is 1. The Morgan fingerprint density at radius 2 is 1.83 bits per heavy atom. The standard InChI is InChI=1S/C14H21FN2O/c1-9(2)13(16)14(18)17(4)10(3)11-7-5-6-8-12(11)15/h5-10,13H,16H2,1-4H3. The summed E-state index contributed by atoms with van der Waals surface area (Å²) < 4.78 is 13.7. The van der Waals surface area contributed by atoms with E-state index in [0.29, 0.717) is 5.56 Å². The molecule has 1 aromatic carbocycles. The van der Waals surface area contributed by atoms with Gasteiger partial charge in [-0.1, -0.05) is 32.0 Å². The average Bonchev–Trinajstić information content (AvgIpc) is 2.35. The highest BCUT2D eigenvalue weighted by molar-refractivity contribution is 5.82. The molecule has 2 atom stereocenters. The maximum absolute atomic E-state index is 13.7. The summed E-state index contributed by atoms with van der Waals surface area (Å²) in [5, 5.41) is 0. The number of nitrogens with zero attached hydrogens (tertiary/aromatic N) is 1. The van der Waals surface area contributed by atoms with Crippen molar-refractivity contribution in [3.05, 3.63) is 35.6 Å². The van der Waals surface area contributed by atoms with Crippen LogP contribution in [-0.2, 0) is 4.79 Å². The Labute approximate surface area is 108 Å². The fourth-order valence-electron chi connectivity index (χ4n) is 1.73. The maximum Gasteiger partial charge on any atom is 0.239 e. The van der Waals surface area contributed by atoms with Gasteiger partial charge in [0.1, 0.15) is 5.82 Å². The predicted octanol–water partition coefficient (Wildman–Crippen LogP) is 2.33. The third kappa shape index (κ3) is 3.07. The lowest BCUT2D eigenvalue weighted by atomic mass is 10.0. The highest BCUT2D eigenvalue weighted by Gasteiger charge is 2.26. The highest BCUT2D eigenvalue weighted by Crippen LogP contribution is 2.22. The Balaban J connectivity index is 2.88. The monoisotopic (exact) mass is 252 g/mol. The van der Waals surface area contributed by atoms with Gasteiger partial charge in [-0.25, -0.2) is 4.39 Å². The molecule has 100 valence electrons. The van der Waals surface area contributed by atoms with Crippen molar-refractivity contribution in [1.82, 2.24) is 4.90 Å². The molecular weight excluding hydrogens is 231 g/mol.